The highest BCUT2D eigenvalue weighted by atomic mass is 16.5. The number of aromatic nitrogens is 2. The Balaban J connectivity index is 2.16. The summed E-state index contributed by atoms with van der Waals surface area (Å²) in [5, 5.41) is 0. The molecule has 0 saturated carbocycles. The summed E-state index contributed by atoms with van der Waals surface area (Å²) in [7, 11) is 1.42. The number of carbonyl (C=O) groups excluding carboxylic acids is 1. The van der Waals surface area contributed by atoms with Gasteiger partial charge >= 0.3 is 5.97 Å². The van der Waals surface area contributed by atoms with Gasteiger partial charge in [0, 0.05) is 6.54 Å². The molecule has 20 heavy (non-hydrogen) atoms. The fraction of sp³-hybridized carbons (Fsp3) is 0.643. The fourth-order valence-electron chi connectivity index (χ4n) is 2.34. The van der Waals surface area contributed by atoms with E-state index in [-0.39, 0.29) is 12.0 Å². The van der Waals surface area contributed by atoms with E-state index in [1.54, 1.807) is 12.4 Å². The lowest BCUT2D eigenvalue weighted by atomic mass is 10.0. The number of carbonyl (C=O) groups is 1. The van der Waals surface area contributed by atoms with Gasteiger partial charge in [-0.15, -0.1) is 0 Å². The highest BCUT2D eigenvalue weighted by Gasteiger charge is 2.30. The van der Waals surface area contributed by atoms with Crippen molar-refractivity contribution in [2.24, 2.45) is 0 Å². The number of ether oxygens (including phenoxy) is 2. The van der Waals surface area contributed by atoms with E-state index in [9.17, 15) is 4.79 Å². The maximum Gasteiger partial charge on any atom is 0.328 e. The van der Waals surface area contributed by atoms with Crippen LogP contribution >= 0.6 is 0 Å². The van der Waals surface area contributed by atoms with Gasteiger partial charge in [-0.1, -0.05) is 6.92 Å². The van der Waals surface area contributed by atoms with Crippen molar-refractivity contribution in [3.8, 4) is 5.88 Å². The van der Waals surface area contributed by atoms with Gasteiger partial charge in [-0.3, -0.25) is 4.98 Å². The van der Waals surface area contributed by atoms with Crippen LogP contribution in [-0.2, 0) is 9.53 Å². The first-order valence-electron chi connectivity index (χ1n) is 7.05. The van der Waals surface area contributed by atoms with Crippen molar-refractivity contribution in [1.82, 2.24) is 9.97 Å². The molecule has 2 rings (SSSR count). The number of hydrogen-bond acceptors (Lipinski definition) is 6. The van der Waals surface area contributed by atoms with Crippen molar-refractivity contribution in [3.63, 3.8) is 0 Å². The van der Waals surface area contributed by atoms with E-state index in [1.165, 1.54) is 7.11 Å². The Morgan fingerprint density at radius 3 is 3.05 bits per heavy atom. The Morgan fingerprint density at radius 1 is 1.45 bits per heavy atom. The van der Waals surface area contributed by atoms with Crippen molar-refractivity contribution in [3.05, 3.63) is 12.4 Å². The molecule has 2 heterocycles. The molecule has 6 nitrogen and oxygen atoms in total. The first-order valence-corrected chi connectivity index (χ1v) is 7.05. The van der Waals surface area contributed by atoms with Gasteiger partial charge in [0.2, 0.25) is 5.88 Å². The molecular weight excluding hydrogens is 258 g/mol. The fourth-order valence-corrected chi connectivity index (χ4v) is 2.34. The molecule has 0 spiro atoms. The SMILES string of the molecule is CCCOc1cncc(N2CCCCC2C(=O)OC)n1. The molecule has 1 fully saturated rings. The van der Waals surface area contributed by atoms with E-state index >= 15 is 0 Å². The number of rotatable bonds is 5. The first kappa shape index (κ1) is 14.6. The molecule has 1 unspecified atom stereocenters. The second-order valence-electron chi connectivity index (χ2n) is 4.79. The standard InChI is InChI=1S/C14H21N3O3/c1-3-8-20-13-10-15-9-12(16-13)17-7-5-4-6-11(17)14(18)19-2/h9-11H,3-8H2,1-2H3. The van der Waals surface area contributed by atoms with Gasteiger partial charge in [0.05, 0.1) is 26.1 Å². The lowest BCUT2D eigenvalue weighted by molar-refractivity contribution is -0.142. The van der Waals surface area contributed by atoms with Gasteiger partial charge < -0.3 is 14.4 Å². The number of hydrogen-bond donors (Lipinski definition) is 0. The van der Waals surface area contributed by atoms with Gasteiger partial charge in [-0.05, 0) is 25.7 Å². The van der Waals surface area contributed by atoms with Crippen molar-refractivity contribution < 1.29 is 14.3 Å². The van der Waals surface area contributed by atoms with E-state index in [0.29, 0.717) is 18.3 Å². The Morgan fingerprint density at radius 2 is 2.30 bits per heavy atom. The van der Waals surface area contributed by atoms with Crippen LogP contribution in [0.3, 0.4) is 0 Å². The lowest BCUT2D eigenvalue weighted by Crippen LogP contribution is -2.45. The quantitative estimate of drug-likeness (QED) is 0.766. The Labute approximate surface area is 119 Å². The van der Waals surface area contributed by atoms with Gasteiger partial charge in [-0.25, -0.2) is 4.79 Å². The van der Waals surface area contributed by atoms with E-state index < -0.39 is 0 Å². The molecule has 1 saturated heterocycles. The highest BCUT2D eigenvalue weighted by Crippen LogP contribution is 2.24. The highest BCUT2D eigenvalue weighted by molar-refractivity contribution is 5.79. The van der Waals surface area contributed by atoms with E-state index in [1.807, 2.05) is 11.8 Å². The zero-order valence-electron chi connectivity index (χ0n) is 12.0. The summed E-state index contributed by atoms with van der Waals surface area (Å²) in [6.45, 7) is 3.43. The van der Waals surface area contributed by atoms with Crippen molar-refractivity contribution >= 4 is 11.8 Å². The molecular formula is C14H21N3O3. The van der Waals surface area contributed by atoms with E-state index in [2.05, 4.69) is 9.97 Å². The van der Waals surface area contributed by atoms with Gasteiger partial charge in [-0.2, -0.15) is 4.98 Å². The van der Waals surface area contributed by atoms with Crippen LogP contribution in [0, 0.1) is 0 Å². The average Bonchev–Trinajstić information content (AvgIpc) is 2.52. The third-order valence-corrected chi connectivity index (χ3v) is 3.32. The molecule has 0 aromatic carbocycles. The zero-order valence-corrected chi connectivity index (χ0v) is 12.0. The van der Waals surface area contributed by atoms with E-state index in [0.717, 1.165) is 32.2 Å². The molecule has 6 heteroatoms. The Hall–Kier alpha value is -1.85. The van der Waals surface area contributed by atoms with Crippen LogP contribution in [0.1, 0.15) is 32.6 Å². The first-order chi connectivity index (χ1) is 9.76. The van der Waals surface area contributed by atoms with Crippen molar-refractivity contribution in [2.45, 2.75) is 38.6 Å². The molecule has 0 amide bonds. The van der Waals surface area contributed by atoms with Crippen LogP contribution < -0.4 is 9.64 Å². The second-order valence-corrected chi connectivity index (χ2v) is 4.79. The van der Waals surface area contributed by atoms with Crippen LogP contribution in [0.25, 0.3) is 0 Å². The zero-order chi connectivity index (χ0) is 14.4. The van der Waals surface area contributed by atoms with Crippen LogP contribution in [-0.4, -0.2) is 42.2 Å². The number of esters is 1. The number of anilines is 1. The number of piperidine rings is 1. The summed E-state index contributed by atoms with van der Waals surface area (Å²) in [6, 6.07) is -0.274. The lowest BCUT2D eigenvalue weighted by Gasteiger charge is -2.34. The molecule has 0 radical (unpaired) electrons. The van der Waals surface area contributed by atoms with Gasteiger partial charge in [0.25, 0.3) is 0 Å². The third kappa shape index (κ3) is 3.37. The number of nitrogens with zero attached hydrogens (tertiary/aromatic N) is 3. The molecule has 1 aliphatic heterocycles. The maximum atomic E-state index is 11.9. The predicted octanol–water partition coefficient (Wildman–Crippen LogP) is 1.80. The topological polar surface area (TPSA) is 64.5 Å². The van der Waals surface area contributed by atoms with Crippen LogP contribution in [0.5, 0.6) is 5.88 Å². The van der Waals surface area contributed by atoms with Crippen LogP contribution in [0.2, 0.25) is 0 Å². The minimum absolute atomic E-state index is 0.216. The smallest absolute Gasteiger partial charge is 0.328 e. The summed E-state index contributed by atoms with van der Waals surface area (Å²) < 4.78 is 10.4. The molecule has 0 bridgehead atoms. The molecule has 0 aliphatic carbocycles. The molecule has 1 atom stereocenters. The normalized spacial score (nSPS) is 18.7. The molecule has 1 aliphatic rings. The summed E-state index contributed by atoms with van der Waals surface area (Å²) in [6.07, 6.45) is 7.02. The summed E-state index contributed by atoms with van der Waals surface area (Å²) in [5.41, 5.74) is 0. The molecule has 110 valence electrons. The Bertz CT molecular complexity index is 453. The molecule has 1 aromatic rings. The monoisotopic (exact) mass is 279 g/mol. The van der Waals surface area contributed by atoms with Crippen molar-refractivity contribution in [1.29, 1.82) is 0 Å². The van der Waals surface area contributed by atoms with Crippen LogP contribution in [0.15, 0.2) is 12.4 Å². The van der Waals surface area contributed by atoms with Gasteiger partial charge in [0.1, 0.15) is 6.04 Å². The number of methoxy groups -OCH3 is 1. The predicted molar refractivity (Wildman–Crippen MR) is 74.8 cm³/mol. The van der Waals surface area contributed by atoms with Crippen molar-refractivity contribution in [2.75, 3.05) is 25.2 Å². The molecule has 0 N–H and O–H groups in total. The summed E-state index contributed by atoms with van der Waals surface area (Å²) in [5.74, 6) is 0.957. The average molecular weight is 279 g/mol. The van der Waals surface area contributed by atoms with E-state index in [4.69, 9.17) is 9.47 Å². The van der Waals surface area contributed by atoms with Gasteiger partial charge in [0.15, 0.2) is 5.82 Å². The minimum atomic E-state index is -0.274. The molecule has 1 aromatic heterocycles. The third-order valence-electron chi connectivity index (χ3n) is 3.32. The maximum absolute atomic E-state index is 11.9. The Kier molecular flexibility index (Phi) is 5.15. The summed E-state index contributed by atoms with van der Waals surface area (Å²) >= 11 is 0. The summed E-state index contributed by atoms with van der Waals surface area (Å²) in [4.78, 5) is 22.4. The van der Waals surface area contributed by atoms with Crippen LogP contribution in [0.4, 0.5) is 5.82 Å². The second kappa shape index (κ2) is 7.07. The minimum Gasteiger partial charge on any atom is -0.477 e. The largest absolute Gasteiger partial charge is 0.477 e.